The van der Waals surface area contributed by atoms with Crippen LogP contribution in [0.4, 0.5) is 21.9 Å². The van der Waals surface area contributed by atoms with E-state index in [2.05, 4.69) is 48.3 Å². The third-order valence-corrected chi connectivity index (χ3v) is 8.19. The van der Waals surface area contributed by atoms with Gasteiger partial charge in [0.05, 0.1) is 30.6 Å². The van der Waals surface area contributed by atoms with Gasteiger partial charge in [-0.2, -0.15) is 0 Å². The van der Waals surface area contributed by atoms with Crippen molar-refractivity contribution in [1.29, 1.82) is 0 Å². The first kappa shape index (κ1) is 28.5. The minimum Gasteiger partial charge on any atom is -0.450 e. The van der Waals surface area contributed by atoms with Crippen LogP contribution in [0, 0.1) is 5.41 Å². The number of nitrogens with one attached hydrogen (secondary N) is 1. The number of para-hydroxylation sites is 2. The highest BCUT2D eigenvalue weighted by Gasteiger charge is 2.42. The van der Waals surface area contributed by atoms with E-state index < -0.39 is 6.04 Å². The Morgan fingerprint density at radius 1 is 0.976 bits per heavy atom. The van der Waals surface area contributed by atoms with Crippen LogP contribution >= 0.6 is 0 Å². The maximum Gasteiger partial charge on any atom is 0.409 e. The monoisotopic (exact) mass is 559 g/mol. The average molecular weight is 560 g/mol. The summed E-state index contributed by atoms with van der Waals surface area (Å²) in [6.07, 6.45) is 0.853. The maximum atomic E-state index is 13.9. The lowest BCUT2D eigenvalue weighted by Crippen LogP contribution is -2.53. The molecule has 0 radical (unpaired) electrons. The largest absolute Gasteiger partial charge is 0.450 e. The van der Waals surface area contributed by atoms with E-state index in [1.807, 2.05) is 48.2 Å². The van der Waals surface area contributed by atoms with Crippen LogP contribution in [-0.4, -0.2) is 81.0 Å². The Kier molecular flexibility index (Phi) is 7.98. The third kappa shape index (κ3) is 5.89. The van der Waals surface area contributed by atoms with Crippen molar-refractivity contribution in [2.45, 2.75) is 39.7 Å². The van der Waals surface area contributed by atoms with Crippen molar-refractivity contribution in [3.63, 3.8) is 0 Å². The van der Waals surface area contributed by atoms with E-state index in [0.29, 0.717) is 39.2 Å². The number of piperazine rings is 1. The van der Waals surface area contributed by atoms with Crippen LogP contribution in [0.1, 0.15) is 45.2 Å². The van der Waals surface area contributed by atoms with Crippen molar-refractivity contribution in [1.82, 2.24) is 9.80 Å². The van der Waals surface area contributed by atoms with Gasteiger partial charge in [0.25, 0.3) is 0 Å². The molecule has 218 valence electrons. The highest BCUT2D eigenvalue weighted by molar-refractivity contribution is 6.02. The van der Waals surface area contributed by atoms with E-state index in [0.717, 1.165) is 40.3 Å². The first-order valence-corrected chi connectivity index (χ1v) is 14.4. The summed E-state index contributed by atoms with van der Waals surface area (Å²) in [6, 6.07) is 15.8. The fourth-order valence-corrected chi connectivity index (χ4v) is 6.13. The molecule has 9 heteroatoms. The first-order valence-electron chi connectivity index (χ1n) is 14.4. The van der Waals surface area contributed by atoms with Gasteiger partial charge >= 0.3 is 6.09 Å². The van der Waals surface area contributed by atoms with Crippen LogP contribution in [0.2, 0.25) is 0 Å². The molecule has 9 nitrogen and oxygen atoms in total. The summed E-state index contributed by atoms with van der Waals surface area (Å²) in [6.45, 7) is 8.22. The fraction of sp³-hybridized carbons (Fsp3) is 0.469. The minimum atomic E-state index is -0.425. The quantitative estimate of drug-likeness (QED) is 0.570. The number of ketones is 1. The second-order valence-electron chi connectivity index (χ2n) is 12.1. The Bertz CT molecular complexity index is 1340. The molecule has 2 aromatic rings. The number of ether oxygens (including phenoxy) is 1. The highest BCUT2D eigenvalue weighted by Crippen LogP contribution is 2.48. The number of rotatable bonds is 5. The topological polar surface area (TPSA) is 85.4 Å². The van der Waals surface area contributed by atoms with Crippen molar-refractivity contribution >= 4 is 34.8 Å². The number of benzene rings is 2. The van der Waals surface area contributed by atoms with E-state index in [-0.39, 0.29) is 29.7 Å². The molecule has 1 atom stereocenters. The van der Waals surface area contributed by atoms with Crippen molar-refractivity contribution in [2.24, 2.45) is 5.41 Å². The van der Waals surface area contributed by atoms with Gasteiger partial charge in [-0.05, 0) is 48.6 Å². The number of fused-ring (bicyclic) bond motifs is 1. The summed E-state index contributed by atoms with van der Waals surface area (Å²) in [7, 11) is 4.00. The molecule has 2 amide bonds. The summed E-state index contributed by atoms with van der Waals surface area (Å²) >= 11 is 0. The molecular formula is C32H41N5O4. The summed E-state index contributed by atoms with van der Waals surface area (Å²) in [5, 5.41) is 3.62. The molecule has 2 aromatic carbocycles. The van der Waals surface area contributed by atoms with Crippen molar-refractivity contribution in [3.05, 3.63) is 65.4 Å². The molecule has 2 aliphatic heterocycles. The van der Waals surface area contributed by atoms with Gasteiger partial charge < -0.3 is 29.7 Å². The van der Waals surface area contributed by atoms with Crippen LogP contribution in [0.5, 0.6) is 0 Å². The van der Waals surface area contributed by atoms with Gasteiger partial charge in [-0.3, -0.25) is 9.59 Å². The molecule has 0 bridgehead atoms. The number of anilines is 3. The Hall–Kier alpha value is -4.01. The fourth-order valence-electron chi connectivity index (χ4n) is 6.13. The molecule has 3 aliphatic rings. The van der Waals surface area contributed by atoms with Gasteiger partial charge in [0, 0.05) is 63.7 Å². The van der Waals surface area contributed by atoms with Crippen LogP contribution in [0.25, 0.3) is 0 Å². The Labute approximate surface area is 242 Å². The molecule has 1 saturated heterocycles. The normalized spacial score (nSPS) is 20.1. The predicted molar refractivity (Wildman–Crippen MR) is 161 cm³/mol. The number of hydrogen-bond acceptors (Lipinski definition) is 7. The molecule has 1 N–H and O–H groups in total. The van der Waals surface area contributed by atoms with E-state index in [9.17, 15) is 14.4 Å². The van der Waals surface area contributed by atoms with Gasteiger partial charge in [0.1, 0.15) is 0 Å². The standard InChI is InChI=1S/C32H41N5O4/c1-6-41-31(40)36-17-15-35(16-18-36)28(39)21-37-26-10-8-7-9-24(26)33-25-19-32(2,3)20-27(38)29(25)30(37)22-11-13-23(14-12-22)34(4)5/h7-14,30,33H,6,15-21H2,1-5H3. The lowest BCUT2D eigenvalue weighted by molar-refractivity contribution is -0.131. The molecule has 1 fully saturated rings. The van der Waals surface area contributed by atoms with Gasteiger partial charge in [-0.25, -0.2) is 4.79 Å². The maximum absolute atomic E-state index is 13.9. The van der Waals surface area contributed by atoms with Gasteiger partial charge in [-0.1, -0.05) is 38.1 Å². The van der Waals surface area contributed by atoms with E-state index in [4.69, 9.17) is 4.74 Å². The Morgan fingerprint density at radius 3 is 2.29 bits per heavy atom. The summed E-state index contributed by atoms with van der Waals surface area (Å²) < 4.78 is 5.14. The van der Waals surface area contributed by atoms with E-state index >= 15 is 0 Å². The Morgan fingerprint density at radius 2 is 1.63 bits per heavy atom. The number of Topliss-reactive ketones (excluding diaryl/α,β-unsaturated/α-hetero) is 1. The number of carbonyl (C=O) groups is 3. The molecule has 5 rings (SSSR count). The summed E-state index contributed by atoms with van der Waals surface area (Å²) in [4.78, 5) is 47.6. The van der Waals surface area contributed by atoms with Gasteiger partial charge in [0.15, 0.2) is 5.78 Å². The number of allylic oxidation sites excluding steroid dienone is 1. The lowest BCUT2D eigenvalue weighted by Gasteiger charge is -2.39. The first-order chi connectivity index (χ1) is 19.6. The SMILES string of the molecule is CCOC(=O)N1CCN(C(=O)CN2c3ccccc3NC3=C(C(=O)CC(C)(C)C3)C2c2ccc(N(C)C)cc2)CC1. The summed E-state index contributed by atoms with van der Waals surface area (Å²) in [5.41, 5.74) is 5.30. The molecule has 1 aliphatic carbocycles. The predicted octanol–water partition coefficient (Wildman–Crippen LogP) is 4.67. The lowest BCUT2D eigenvalue weighted by atomic mass is 9.73. The highest BCUT2D eigenvalue weighted by atomic mass is 16.6. The zero-order chi connectivity index (χ0) is 29.3. The molecule has 0 aromatic heterocycles. The molecule has 41 heavy (non-hydrogen) atoms. The van der Waals surface area contributed by atoms with Crippen LogP contribution in [0.3, 0.4) is 0 Å². The number of hydrogen-bond donors (Lipinski definition) is 1. The smallest absolute Gasteiger partial charge is 0.409 e. The van der Waals surface area contributed by atoms with Crippen molar-refractivity contribution in [2.75, 3.05) is 68.5 Å². The number of carbonyl (C=O) groups excluding carboxylic acids is 3. The molecular weight excluding hydrogens is 518 g/mol. The molecule has 0 saturated carbocycles. The Balaban J connectivity index is 1.53. The number of amides is 2. The van der Waals surface area contributed by atoms with Gasteiger partial charge in [0.2, 0.25) is 5.91 Å². The van der Waals surface area contributed by atoms with Crippen LogP contribution < -0.4 is 15.1 Å². The van der Waals surface area contributed by atoms with E-state index in [1.54, 1.807) is 11.8 Å². The van der Waals surface area contributed by atoms with Crippen molar-refractivity contribution in [3.8, 4) is 0 Å². The second kappa shape index (κ2) is 11.5. The summed E-state index contributed by atoms with van der Waals surface area (Å²) in [5.74, 6) is 0.0737. The minimum absolute atomic E-state index is 0.0362. The third-order valence-electron chi connectivity index (χ3n) is 8.19. The van der Waals surface area contributed by atoms with Crippen LogP contribution in [-0.2, 0) is 14.3 Å². The zero-order valence-corrected chi connectivity index (χ0v) is 24.8. The van der Waals surface area contributed by atoms with Crippen molar-refractivity contribution < 1.29 is 19.1 Å². The molecule has 2 heterocycles. The number of nitrogens with zero attached hydrogens (tertiary/aromatic N) is 4. The molecule has 0 spiro atoms. The molecule has 1 unspecified atom stereocenters. The second-order valence-corrected chi connectivity index (χ2v) is 12.1. The van der Waals surface area contributed by atoms with E-state index in [1.165, 1.54) is 0 Å². The van der Waals surface area contributed by atoms with Crippen LogP contribution in [0.15, 0.2) is 59.8 Å². The average Bonchev–Trinajstić information content (AvgIpc) is 3.07. The zero-order valence-electron chi connectivity index (χ0n) is 24.8. The van der Waals surface area contributed by atoms with Gasteiger partial charge in [-0.15, -0.1) is 0 Å².